The Kier molecular flexibility index (Phi) is 10.2. The van der Waals surface area contributed by atoms with Gasteiger partial charge in [0.15, 0.2) is 6.61 Å². The van der Waals surface area contributed by atoms with Crippen molar-refractivity contribution in [1.29, 1.82) is 0 Å². The van der Waals surface area contributed by atoms with Gasteiger partial charge in [-0.3, -0.25) is 9.59 Å². The lowest BCUT2D eigenvalue weighted by molar-refractivity contribution is -0.143. The first kappa shape index (κ1) is 27.6. The Balaban J connectivity index is 1.93. The fourth-order valence-electron chi connectivity index (χ4n) is 3.72. The number of carbonyl (C=O) groups excluding carboxylic acids is 2. The molecule has 3 rings (SSSR count). The van der Waals surface area contributed by atoms with Gasteiger partial charge in [-0.05, 0) is 71.2 Å². The highest BCUT2D eigenvalue weighted by Crippen LogP contribution is 2.28. The number of nitrogens with one attached hydrogen (secondary N) is 1. The summed E-state index contributed by atoms with van der Waals surface area (Å²) in [6.07, 6.45) is 0.361. The van der Waals surface area contributed by atoms with E-state index in [1.807, 2.05) is 68.4 Å². The molecule has 36 heavy (non-hydrogen) atoms. The quantitative estimate of drug-likeness (QED) is 0.322. The normalized spacial score (nSPS) is 11.6. The molecular formula is C28H30BrClN2O4. The number of carbonyl (C=O) groups is 2. The largest absolute Gasteiger partial charge is 0.497 e. The van der Waals surface area contributed by atoms with E-state index >= 15 is 0 Å². The molecule has 8 heteroatoms. The van der Waals surface area contributed by atoms with Gasteiger partial charge in [-0.25, -0.2) is 0 Å². The van der Waals surface area contributed by atoms with Crippen LogP contribution in [0.5, 0.6) is 11.5 Å². The van der Waals surface area contributed by atoms with Gasteiger partial charge in [0.05, 0.1) is 11.6 Å². The number of benzene rings is 3. The van der Waals surface area contributed by atoms with Gasteiger partial charge in [0.1, 0.15) is 17.5 Å². The second kappa shape index (κ2) is 13.3. The highest BCUT2D eigenvalue weighted by Gasteiger charge is 2.31. The predicted molar refractivity (Wildman–Crippen MR) is 145 cm³/mol. The van der Waals surface area contributed by atoms with Crippen LogP contribution in [0.15, 0.2) is 77.3 Å². The Bertz CT molecular complexity index is 1170. The van der Waals surface area contributed by atoms with Crippen LogP contribution in [-0.4, -0.2) is 42.5 Å². The van der Waals surface area contributed by atoms with Crippen LogP contribution in [0.3, 0.4) is 0 Å². The molecular weight excluding hydrogens is 544 g/mol. The Hall–Kier alpha value is -3.03. The maximum atomic E-state index is 13.6. The van der Waals surface area contributed by atoms with Gasteiger partial charge in [-0.15, -0.1) is 0 Å². The number of halogens is 2. The van der Waals surface area contributed by atoms with Crippen molar-refractivity contribution < 1.29 is 19.1 Å². The highest BCUT2D eigenvalue weighted by atomic mass is 79.9. The first-order valence-electron chi connectivity index (χ1n) is 11.6. The number of hydrogen-bond donors (Lipinski definition) is 1. The fraction of sp³-hybridized carbons (Fsp3) is 0.286. The minimum absolute atomic E-state index is 0.0779. The van der Waals surface area contributed by atoms with Crippen molar-refractivity contribution in [3.8, 4) is 11.5 Å². The number of amides is 2. The van der Waals surface area contributed by atoms with E-state index in [9.17, 15) is 9.59 Å². The van der Waals surface area contributed by atoms with Crippen LogP contribution in [-0.2, 0) is 22.6 Å². The third kappa shape index (κ3) is 8.00. The molecule has 0 bridgehead atoms. The monoisotopic (exact) mass is 572 g/mol. The zero-order valence-electron chi connectivity index (χ0n) is 20.5. The van der Waals surface area contributed by atoms with E-state index in [0.29, 0.717) is 27.4 Å². The summed E-state index contributed by atoms with van der Waals surface area (Å²) in [5.74, 6) is 0.616. The lowest BCUT2D eigenvalue weighted by atomic mass is 10.0. The van der Waals surface area contributed by atoms with E-state index < -0.39 is 6.04 Å². The van der Waals surface area contributed by atoms with Gasteiger partial charge in [-0.1, -0.05) is 54.1 Å². The Morgan fingerprint density at radius 2 is 1.72 bits per heavy atom. The summed E-state index contributed by atoms with van der Waals surface area (Å²) in [6, 6.07) is 21.4. The van der Waals surface area contributed by atoms with Crippen molar-refractivity contribution >= 4 is 39.3 Å². The summed E-state index contributed by atoms with van der Waals surface area (Å²) < 4.78 is 11.8. The van der Waals surface area contributed by atoms with E-state index in [-0.39, 0.29) is 31.0 Å². The minimum atomic E-state index is -0.745. The average Bonchev–Trinajstić information content (AvgIpc) is 2.85. The summed E-state index contributed by atoms with van der Waals surface area (Å²) in [5.41, 5.74) is 1.79. The number of methoxy groups -OCH3 is 1. The summed E-state index contributed by atoms with van der Waals surface area (Å²) in [5, 5.41) is 3.52. The van der Waals surface area contributed by atoms with Crippen molar-refractivity contribution in [2.24, 2.45) is 0 Å². The molecule has 3 aromatic carbocycles. The van der Waals surface area contributed by atoms with E-state index in [1.54, 1.807) is 30.2 Å². The molecule has 6 nitrogen and oxygen atoms in total. The first-order valence-corrected chi connectivity index (χ1v) is 12.8. The number of hydrogen-bond acceptors (Lipinski definition) is 4. The highest BCUT2D eigenvalue weighted by molar-refractivity contribution is 9.10. The fourth-order valence-corrected chi connectivity index (χ4v) is 4.51. The van der Waals surface area contributed by atoms with Crippen LogP contribution in [0.4, 0.5) is 0 Å². The van der Waals surface area contributed by atoms with Gasteiger partial charge < -0.3 is 19.7 Å². The molecule has 0 aromatic heterocycles. The third-order valence-electron chi connectivity index (χ3n) is 5.43. The van der Waals surface area contributed by atoms with Crippen molar-refractivity contribution in [1.82, 2.24) is 10.2 Å². The zero-order valence-corrected chi connectivity index (χ0v) is 22.9. The van der Waals surface area contributed by atoms with Gasteiger partial charge in [0.25, 0.3) is 5.91 Å². The maximum Gasteiger partial charge on any atom is 0.261 e. The molecule has 0 saturated heterocycles. The second-order valence-corrected chi connectivity index (χ2v) is 9.90. The van der Waals surface area contributed by atoms with Crippen molar-refractivity contribution in [3.05, 3.63) is 93.4 Å². The van der Waals surface area contributed by atoms with Crippen LogP contribution < -0.4 is 14.8 Å². The van der Waals surface area contributed by atoms with Crippen LogP contribution in [0.2, 0.25) is 5.02 Å². The van der Waals surface area contributed by atoms with Crippen LogP contribution >= 0.6 is 27.5 Å². The molecule has 0 fully saturated rings. The van der Waals surface area contributed by atoms with Crippen molar-refractivity contribution in [3.63, 3.8) is 0 Å². The Morgan fingerprint density at radius 1 is 1.00 bits per heavy atom. The first-order chi connectivity index (χ1) is 17.3. The molecule has 0 aliphatic rings. The van der Waals surface area contributed by atoms with Crippen LogP contribution in [0, 0.1) is 0 Å². The number of ether oxygens (including phenoxy) is 2. The van der Waals surface area contributed by atoms with Crippen LogP contribution in [0.25, 0.3) is 0 Å². The summed E-state index contributed by atoms with van der Waals surface area (Å²) in [7, 11) is 1.59. The van der Waals surface area contributed by atoms with Gasteiger partial charge >= 0.3 is 0 Å². The molecule has 3 aromatic rings. The van der Waals surface area contributed by atoms with E-state index in [4.69, 9.17) is 21.1 Å². The maximum absolute atomic E-state index is 13.6. The SMILES string of the molecule is COc1cccc(CN(C(=O)COc2ccc(Cl)cc2Br)[C@H](Cc2ccccc2)C(=O)NC(C)C)c1. The number of rotatable bonds is 11. The standard InChI is InChI=1S/C28H30BrClN2O4/c1-19(2)31-28(34)25(15-20-8-5-4-6-9-20)32(17-21-10-7-11-23(14-21)35-3)27(33)18-36-26-13-12-22(30)16-24(26)29/h4-14,16,19,25H,15,17-18H2,1-3H3,(H,31,34)/t25-/m1/s1. The summed E-state index contributed by atoms with van der Waals surface area (Å²) >= 11 is 9.44. The molecule has 0 saturated carbocycles. The van der Waals surface area contributed by atoms with Gasteiger partial charge in [0.2, 0.25) is 5.91 Å². The van der Waals surface area contributed by atoms with Crippen LogP contribution in [0.1, 0.15) is 25.0 Å². The molecule has 2 amide bonds. The van der Waals surface area contributed by atoms with Crippen molar-refractivity contribution in [2.75, 3.05) is 13.7 Å². The average molecular weight is 574 g/mol. The topological polar surface area (TPSA) is 67.9 Å². The minimum Gasteiger partial charge on any atom is -0.497 e. The van der Waals surface area contributed by atoms with E-state index in [1.165, 1.54) is 0 Å². The summed E-state index contributed by atoms with van der Waals surface area (Å²) in [4.78, 5) is 28.6. The predicted octanol–water partition coefficient (Wildman–Crippen LogP) is 5.65. The molecule has 0 heterocycles. The molecule has 0 spiro atoms. The summed E-state index contributed by atoms with van der Waals surface area (Å²) in [6.45, 7) is 3.76. The molecule has 190 valence electrons. The molecule has 0 unspecified atom stereocenters. The Morgan fingerprint density at radius 3 is 2.39 bits per heavy atom. The van der Waals surface area contributed by atoms with E-state index in [2.05, 4.69) is 21.2 Å². The van der Waals surface area contributed by atoms with Gasteiger partial charge in [0, 0.05) is 24.0 Å². The van der Waals surface area contributed by atoms with Gasteiger partial charge in [-0.2, -0.15) is 0 Å². The molecule has 0 aliphatic heterocycles. The Labute approximate surface area is 225 Å². The molecule has 0 radical (unpaired) electrons. The molecule has 0 aliphatic carbocycles. The lowest BCUT2D eigenvalue weighted by Crippen LogP contribution is -2.52. The molecule has 1 atom stereocenters. The van der Waals surface area contributed by atoms with E-state index in [0.717, 1.165) is 11.1 Å². The smallest absolute Gasteiger partial charge is 0.261 e. The van der Waals surface area contributed by atoms with Crippen molar-refractivity contribution in [2.45, 2.75) is 38.9 Å². The lowest BCUT2D eigenvalue weighted by Gasteiger charge is -2.32. The second-order valence-electron chi connectivity index (χ2n) is 8.61. The zero-order chi connectivity index (χ0) is 26.1. The molecule has 1 N–H and O–H groups in total. The third-order valence-corrected chi connectivity index (χ3v) is 6.29. The number of nitrogens with zero attached hydrogens (tertiary/aromatic N) is 1.